The molecule has 1 aliphatic heterocycles. The van der Waals surface area contributed by atoms with Gasteiger partial charge >= 0.3 is 5.97 Å². The molecule has 0 spiro atoms. The van der Waals surface area contributed by atoms with Gasteiger partial charge in [0.15, 0.2) is 11.4 Å². The number of benzene rings is 3. The maximum atomic E-state index is 13.6. The molecule has 0 radical (unpaired) electrons. The van der Waals surface area contributed by atoms with Crippen molar-refractivity contribution in [3.8, 4) is 17.2 Å². The first-order valence-electron chi connectivity index (χ1n) is 13.8. The molecule has 0 saturated carbocycles. The number of nitrogens with zero attached hydrogens (tertiary/aromatic N) is 3. The molecule has 1 amide bonds. The predicted octanol–water partition coefficient (Wildman–Crippen LogP) is 5.63. The highest BCUT2D eigenvalue weighted by molar-refractivity contribution is 5.95. The molecule has 9 nitrogen and oxygen atoms in total. The molecular weight excluding hydrogens is 539 g/mol. The van der Waals surface area contributed by atoms with Crippen LogP contribution in [0.5, 0.6) is 11.5 Å². The van der Waals surface area contributed by atoms with Crippen molar-refractivity contribution in [3.05, 3.63) is 106 Å². The number of aromatic nitrogens is 2. The fraction of sp³-hybridized carbons (Fsp3) is 0.250. The first-order valence-corrected chi connectivity index (χ1v) is 13.8. The number of carbonyl (C=O) groups is 2. The Morgan fingerprint density at radius 2 is 1.83 bits per heavy atom. The first-order chi connectivity index (χ1) is 20.3. The number of carbonyl (C=O) groups excluding carboxylic acids is 2. The third kappa shape index (κ3) is 6.49. The van der Waals surface area contributed by atoms with Crippen molar-refractivity contribution < 1.29 is 23.5 Å². The lowest BCUT2D eigenvalue weighted by Gasteiger charge is -2.31. The van der Waals surface area contributed by atoms with Gasteiger partial charge in [-0.2, -0.15) is 9.78 Å². The number of amides is 1. The molecule has 42 heavy (non-hydrogen) atoms. The molecule has 5 rings (SSSR count). The second-order valence-corrected chi connectivity index (χ2v) is 10.0. The summed E-state index contributed by atoms with van der Waals surface area (Å²) in [6, 6.07) is 19.5. The van der Waals surface area contributed by atoms with E-state index in [9.17, 15) is 18.8 Å². The number of hydrogen-bond donors (Lipinski definition) is 1. The lowest BCUT2D eigenvalue weighted by Crippen LogP contribution is -2.42. The molecule has 1 unspecified atom stereocenters. The molecule has 0 aliphatic carbocycles. The van der Waals surface area contributed by atoms with E-state index in [-0.39, 0.29) is 29.2 Å². The summed E-state index contributed by atoms with van der Waals surface area (Å²) >= 11 is 0. The lowest BCUT2D eigenvalue weighted by molar-refractivity contribution is -0.149. The average molecular weight is 571 g/mol. The van der Waals surface area contributed by atoms with E-state index in [1.54, 1.807) is 42.2 Å². The highest BCUT2D eigenvalue weighted by Crippen LogP contribution is 2.30. The fourth-order valence-electron chi connectivity index (χ4n) is 4.84. The molecular formula is C32H31FN4O5. The van der Waals surface area contributed by atoms with E-state index in [1.165, 1.54) is 30.5 Å². The van der Waals surface area contributed by atoms with Gasteiger partial charge < -0.3 is 19.7 Å². The summed E-state index contributed by atoms with van der Waals surface area (Å²) < 4.78 is 25.9. The smallest absolute Gasteiger partial charge is 0.310 e. The third-order valence-corrected chi connectivity index (χ3v) is 6.96. The Balaban J connectivity index is 1.40. The number of likely N-dealkylation sites (tertiary alicyclic amines) is 1. The van der Waals surface area contributed by atoms with Crippen molar-refractivity contribution >= 4 is 23.3 Å². The SMILES string of the molecule is CCOC(=O)C1CCCN(C(=O)c2ccc(Nc3c(Oc4cccc(C)c4)cnn(-c4ccc(F)cc4)c3=O)cc2)C1. The zero-order valence-electron chi connectivity index (χ0n) is 23.4. The van der Waals surface area contributed by atoms with Gasteiger partial charge in [-0.25, -0.2) is 4.39 Å². The zero-order valence-corrected chi connectivity index (χ0v) is 23.4. The predicted molar refractivity (Wildman–Crippen MR) is 156 cm³/mol. The Bertz CT molecular complexity index is 1640. The Morgan fingerprint density at radius 3 is 2.55 bits per heavy atom. The van der Waals surface area contributed by atoms with Gasteiger partial charge in [0.05, 0.1) is 24.4 Å². The van der Waals surface area contributed by atoms with Gasteiger partial charge in [0, 0.05) is 24.3 Å². The van der Waals surface area contributed by atoms with Crippen molar-refractivity contribution in [3.63, 3.8) is 0 Å². The number of anilines is 2. The van der Waals surface area contributed by atoms with Crippen LogP contribution in [0.25, 0.3) is 5.69 Å². The second-order valence-electron chi connectivity index (χ2n) is 10.0. The molecule has 1 N–H and O–H groups in total. The van der Waals surface area contributed by atoms with Crippen LogP contribution in [0.3, 0.4) is 0 Å². The summed E-state index contributed by atoms with van der Waals surface area (Å²) in [6.07, 6.45) is 2.84. The largest absolute Gasteiger partial charge is 0.466 e. The first kappa shape index (κ1) is 28.5. The average Bonchev–Trinajstić information content (AvgIpc) is 3.00. The number of hydrogen-bond acceptors (Lipinski definition) is 7. The summed E-state index contributed by atoms with van der Waals surface area (Å²) in [7, 11) is 0. The monoisotopic (exact) mass is 570 g/mol. The van der Waals surface area contributed by atoms with E-state index < -0.39 is 11.4 Å². The Morgan fingerprint density at radius 1 is 1.07 bits per heavy atom. The van der Waals surface area contributed by atoms with Crippen LogP contribution in [0.2, 0.25) is 0 Å². The van der Waals surface area contributed by atoms with Crippen molar-refractivity contribution in [1.82, 2.24) is 14.7 Å². The Labute approximate surface area is 242 Å². The Kier molecular flexibility index (Phi) is 8.61. The molecule has 1 aliphatic rings. The summed E-state index contributed by atoms with van der Waals surface area (Å²) in [4.78, 5) is 40.7. The van der Waals surface area contributed by atoms with Crippen LogP contribution in [0.1, 0.15) is 35.7 Å². The minimum atomic E-state index is -0.509. The van der Waals surface area contributed by atoms with Gasteiger partial charge in [0.1, 0.15) is 11.6 Å². The maximum Gasteiger partial charge on any atom is 0.310 e. The molecule has 1 atom stereocenters. The van der Waals surface area contributed by atoms with Crippen LogP contribution in [-0.2, 0) is 9.53 Å². The Hall–Kier alpha value is -4.99. The van der Waals surface area contributed by atoms with E-state index in [0.717, 1.165) is 16.7 Å². The third-order valence-electron chi connectivity index (χ3n) is 6.96. The van der Waals surface area contributed by atoms with Crippen molar-refractivity contribution in [2.45, 2.75) is 26.7 Å². The van der Waals surface area contributed by atoms with Gasteiger partial charge in [-0.15, -0.1) is 0 Å². The number of nitrogens with one attached hydrogen (secondary N) is 1. The highest BCUT2D eigenvalue weighted by atomic mass is 19.1. The van der Waals surface area contributed by atoms with Gasteiger partial charge in [-0.05, 0) is 92.9 Å². The van der Waals surface area contributed by atoms with Crippen molar-refractivity contribution in [1.29, 1.82) is 0 Å². The van der Waals surface area contributed by atoms with Crippen LogP contribution < -0.4 is 15.6 Å². The molecule has 216 valence electrons. The van der Waals surface area contributed by atoms with Gasteiger partial charge in [0.2, 0.25) is 0 Å². The number of halogens is 1. The maximum absolute atomic E-state index is 13.6. The number of ether oxygens (including phenoxy) is 2. The molecule has 10 heteroatoms. The standard InChI is InChI=1S/C32H31FN4O5/c1-3-41-32(40)23-7-5-17-36(20-23)30(38)22-9-13-25(14-10-22)35-29-28(42-27-8-4-6-21(2)18-27)19-34-37(31(29)39)26-15-11-24(33)12-16-26/h4,6,8-16,18-19,23,35H,3,5,7,17,20H2,1-2H3. The van der Waals surface area contributed by atoms with Gasteiger partial charge in [-0.3, -0.25) is 14.4 Å². The van der Waals surface area contributed by atoms with E-state index in [2.05, 4.69) is 10.4 Å². The second kappa shape index (κ2) is 12.7. The topological polar surface area (TPSA) is 103 Å². The molecule has 1 aromatic heterocycles. The van der Waals surface area contributed by atoms with E-state index in [4.69, 9.17) is 9.47 Å². The molecule has 4 aromatic rings. The molecule has 0 bridgehead atoms. The number of rotatable bonds is 8. The summed E-state index contributed by atoms with van der Waals surface area (Å²) in [5, 5.41) is 7.37. The number of aryl methyl sites for hydroxylation is 1. The van der Waals surface area contributed by atoms with Crippen LogP contribution in [0, 0.1) is 18.7 Å². The molecule has 3 aromatic carbocycles. The number of piperidine rings is 1. The summed E-state index contributed by atoms with van der Waals surface area (Å²) in [6.45, 7) is 4.88. The molecule has 1 saturated heterocycles. The normalized spacial score (nSPS) is 14.7. The fourth-order valence-corrected chi connectivity index (χ4v) is 4.84. The zero-order chi connectivity index (χ0) is 29.6. The highest BCUT2D eigenvalue weighted by Gasteiger charge is 2.29. The summed E-state index contributed by atoms with van der Waals surface area (Å²) in [5.74, 6) is -0.487. The van der Waals surface area contributed by atoms with Crippen LogP contribution in [0.4, 0.5) is 15.8 Å². The van der Waals surface area contributed by atoms with Crippen molar-refractivity contribution in [2.75, 3.05) is 25.0 Å². The van der Waals surface area contributed by atoms with Crippen LogP contribution >= 0.6 is 0 Å². The molecule has 2 heterocycles. The van der Waals surface area contributed by atoms with Crippen molar-refractivity contribution in [2.24, 2.45) is 5.92 Å². The van der Waals surface area contributed by atoms with Gasteiger partial charge in [0.25, 0.3) is 11.5 Å². The van der Waals surface area contributed by atoms with E-state index >= 15 is 0 Å². The van der Waals surface area contributed by atoms with E-state index in [0.29, 0.717) is 48.8 Å². The van der Waals surface area contributed by atoms with Gasteiger partial charge in [-0.1, -0.05) is 12.1 Å². The molecule has 1 fully saturated rings. The minimum absolute atomic E-state index is 0.114. The van der Waals surface area contributed by atoms with E-state index in [1.807, 2.05) is 25.1 Å². The van der Waals surface area contributed by atoms with Crippen LogP contribution in [-0.4, -0.2) is 46.3 Å². The quantitative estimate of drug-likeness (QED) is 0.274. The lowest BCUT2D eigenvalue weighted by atomic mass is 9.97. The summed E-state index contributed by atoms with van der Waals surface area (Å²) in [5.41, 5.74) is 1.97. The minimum Gasteiger partial charge on any atom is -0.466 e. The number of esters is 1. The van der Waals surface area contributed by atoms with Crippen LogP contribution in [0.15, 0.2) is 83.8 Å².